The maximum Gasteiger partial charge on any atom is 0.324 e. The highest BCUT2D eigenvalue weighted by Crippen LogP contribution is 2.27. The molecule has 110 valence electrons. The zero-order chi connectivity index (χ0) is 14.9. The van der Waals surface area contributed by atoms with Gasteiger partial charge in [0.2, 0.25) is 0 Å². The summed E-state index contributed by atoms with van der Waals surface area (Å²) in [4.78, 5) is 16.0. The van der Waals surface area contributed by atoms with Crippen molar-refractivity contribution in [1.82, 2.24) is 4.90 Å². The van der Waals surface area contributed by atoms with Gasteiger partial charge in [-0.2, -0.15) is 0 Å². The van der Waals surface area contributed by atoms with Crippen molar-refractivity contribution in [3.05, 3.63) is 29.8 Å². The fourth-order valence-corrected chi connectivity index (χ4v) is 2.46. The average Bonchev–Trinajstić information content (AvgIpc) is 2.81. The van der Waals surface area contributed by atoms with Gasteiger partial charge in [-0.15, -0.1) is 0 Å². The van der Waals surface area contributed by atoms with Crippen LogP contribution in [-0.2, 0) is 5.41 Å². The molecule has 0 unspecified atom stereocenters. The summed E-state index contributed by atoms with van der Waals surface area (Å²) in [6.07, 6.45) is 0. The van der Waals surface area contributed by atoms with Gasteiger partial charge in [-0.1, -0.05) is 26.0 Å². The van der Waals surface area contributed by atoms with E-state index in [9.17, 15) is 9.90 Å². The molecule has 1 fully saturated rings. The Hall–Kier alpha value is -1.55. The Labute approximate surface area is 121 Å². The summed E-state index contributed by atoms with van der Waals surface area (Å²) in [5.74, 6) is 0. The van der Waals surface area contributed by atoms with Gasteiger partial charge in [-0.3, -0.25) is 4.90 Å². The van der Waals surface area contributed by atoms with E-state index >= 15 is 0 Å². The SMILES string of the molecule is CC(C)N1CCN(c2ccc(C(C)(C)CO)cc2)C1=O. The first kappa shape index (κ1) is 14.9. The normalized spacial score (nSPS) is 16.4. The van der Waals surface area contributed by atoms with E-state index in [1.54, 1.807) is 0 Å². The number of anilines is 1. The number of carbonyl (C=O) groups is 1. The van der Waals surface area contributed by atoms with E-state index < -0.39 is 0 Å². The molecular weight excluding hydrogens is 252 g/mol. The smallest absolute Gasteiger partial charge is 0.324 e. The van der Waals surface area contributed by atoms with Gasteiger partial charge in [0.05, 0.1) is 6.61 Å². The Bertz CT molecular complexity index is 480. The van der Waals surface area contributed by atoms with Crippen LogP contribution in [0.15, 0.2) is 24.3 Å². The second-order valence-corrected chi connectivity index (χ2v) is 6.31. The minimum Gasteiger partial charge on any atom is -0.395 e. The summed E-state index contributed by atoms with van der Waals surface area (Å²) in [5.41, 5.74) is 1.75. The van der Waals surface area contributed by atoms with Gasteiger partial charge >= 0.3 is 6.03 Å². The fourth-order valence-electron chi connectivity index (χ4n) is 2.46. The summed E-state index contributed by atoms with van der Waals surface area (Å²) < 4.78 is 0. The molecule has 2 rings (SSSR count). The van der Waals surface area contributed by atoms with Gasteiger partial charge in [-0.25, -0.2) is 4.79 Å². The summed E-state index contributed by atoms with van der Waals surface area (Å²) in [7, 11) is 0. The third-order valence-corrected chi connectivity index (χ3v) is 4.02. The molecule has 4 heteroatoms. The first-order valence-electron chi connectivity index (χ1n) is 7.16. The molecule has 1 heterocycles. The molecule has 0 spiro atoms. The van der Waals surface area contributed by atoms with Crippen LogP contribution in [-0.4, -0.2) is 41.8 Å². The summed E-state index contributed by atoms with van der Waals surface area (Å²) in [6, 6.07) is 8.24. The minimum absolute atomic E-state index is 0.0779. The Morgan fingerprint density at radius 1 is 1.20 bits per heavy atom. The van der Waals surface area contributed by atoms with Crippen molar-refractivity contribution in [2.24, 2.45) is 0 Å². The Morgan fingerprint density at radius 2 is 1.80 bits per heavy atom. The van der Waals surface area contributed by atoms with E-state index in [2.05, 4.69) is 0 Å². The van der Waals surface area contributed by atoms with Crippen LogP contribution >= 0.6 is 0 Å². The van der Waals surface area contributed by atoms with Crippen molar-refractivity contribution in [3.63, 3.8) is 0 Å². The molecule has 1 aliphatic heterocycles. The van der Waals surface area contributed by atoms with Gasteiger partial charge in [0.15, 0.2) is 0 Å². The second-order valence-electron chi connectivity index (χ2n) is 6.31. The first-order chi connectivity index (χ1) is 9.36. The summed E-state index contributed by atoms with van der Waals surface area (Å²) in [5, 5.41) is 9.39. The number of urea groups is 1. The highest BCUT2D eigenvalue weighted by molar-refractivity contribution is 5.94. The number of aliphatic hydroxyl groups excluding tert-OH is 1. The number of nitrogens with zero attached hydrogens (tertiary/aromatic N) is 2. The molecule has 1 N–H and O–H groups in total. The number of carbonyl (C=O) groups excluding carboxylic acids is 1. The van der Waals surface area contributed by atoms with E-state index in [0.717, 1.165) is 24.3 Å². The maximum absolute atomic E-state index is 12.3. The summed E-state index contributed by atoms with van der Waals surface area (Å²) in [6.45, 7) is 9.70. The summed E-state index contributed by atoms with van der Waals surface area (Å²) >= 11 is 0. The third-order valence-electron chi connectivity index (χ3n) is 4.02. The lowest BCUT2D eigenvalue weighted by Crippen LogP contribution is -2.36. The molecule has 0 bridgehead atoms. The highest BCUT2D eigenvalue weighted by Gasteiger charge is 2.31. The lowest BCUT2D eigenvalue weighted by Gasteiger charge is -2.24. The Kier molecular flexibility index (Phi) is 4.04. The fraction of sp³-hybridized carbons (Fsp3) is 0.562. The molecule has 0 aliphatic carbocycles. The van der Waals surface area contributed by atoms with E-state index in [1.165, 1.54) is 0 Å². The zero-order valence-corrected chi connectivity index (χ0v) is 12.8. The molecule has 4 nitrogen and oxygen atoms in total. The number of rotatable bonds is 4. The van der Waals surface area contributed by atoms with Crippen LogP contribution < -0.4 is 4.90 Å². The van der Waals surface area contributed by atoms with Crippen molar-refractivity contribution in [2.75, 3.05) is 24.6 Å². The molecule has 0 radical (unpaired) electrons. The number of hydrogen-bond acceptors (Lipinski definition) is 2. The van der Waals surface area contributed by atoms with Crippen molar-refractivity contribution < 1.29 is 9.90 Å². The van der Waals surface area contributed by atoms with Gasteiger partial charge in [0, 0.05) is 30.2 Å². The molecule has 0 atom stereocenters. The van der Waals surface area contributed by atoms with Crippen LogP contribution in [0.2, 0.25) is 0 Å². The standard InChI is InChI=1S/C16H24N2O2/c1-12(2)17-9-10-18(15(17)20)14-7-5-13(6-8-14)16(3,4)11-19/h5-8,12,19H,9-11H2,1-4H3. The quantitative estimate of drug-likeness (QED) is 0.918. The average molecular weight is 276 g/mol. The van der Waals surface area contributed by atoms with Gasteiger partial charge in [-0.05, 0) is 31.5 Å². The van der Waals surface area contributed by atoms with E-state index in [0.29, 0.717) is 0 Å². The lowest BCUT2D eigenvalue weighted by atomic mass is 9.85. The molecule has 1 aromatic rings. The topological polar surface area (TPSA) is 43.8 Å². The van der Waals surface area contributed by atoms with Crippen molar-refractivity contribution >= 4 is 11.7 Å². The first-order valence-corrected chi connectivity index (χ1v) is 7.16. The zero-order valence-electron chi connectivity index (χ0n) is 12.8. The van der Waals surface area contributed by atoms with Crippen LogP contribution in [0.1, 0.15) is 33.3 Å². The largest absolute Gasteiger partial charge is 0.395 e. The molecule has 0 saturated carbocycles. The number of aliphatic hydroxyl groups is 1. The van der Waals surface area contributed by atoms with E-state index in [-0.39, 0.29) is 24.1 Å². The lowest BCUT2D eigenvalue weighted by molar-refractivity contribution is 0.209. The Balaban J connectivity index is 2.18. The molecule has 0 aromatic heterocycles. The van der Waals surface area contributed by atoms with Gasteiger partial charge in [0.25, 0.3) is 0 Å². The number of hydrogen-bond donors (Lipinski definition) is 1. The van der Waals surface area contributed by atoms with Crippen LogP contribution in [0, 0.1) is 0 Å². The Morgan fingerprint density at radius 3 is 2.25 bits per heavy atom. The van der Waals surface area contributed by atoms with Gasteiger partial charge in [0.1, 0.15) is 0 Å². The third kappa shape index (κ3) is 2.66. The molecule has 1 aromatic carbocycles. The molecule has 20 heavy (non-hydrogen) atoms. The van der Waals surface area contributed by atoms with Crippen LogP contribution in [0.5, 0.6) is 0 Å². The number of amides is 2. The molecule has 1 aliphatic rings. The van der Waals surface area contributed by atoms with E-state index in [4.69, 9.17) is 0 Å². The minimum atomic E-state index is -0.252. The van der Waals surface area contributed by atoms with Crippen LogP contribution in [0.4, 0.5) is 10.5 Å². The van der Waals surface area contributed by atoms with Crippen molar-refractivity contribution in [1.29, 1.82) is 0 Å². The highest BCUT2D eigenvalue weighted by atomic mass is 16.3. The van der Waals surface area contributed by atoms with Crippen molar-refractivity contribution in [3.8, 4) is 0 Å². The molecule has 2 amide bonds. The van der Waals surface area contributed by atoms with Crippen LogP contribution in [0.25, 0.3) is 0 Å². The second kappa shape index (κ2) is 5.44. The monoisotopic (exact) mass is 276 g/mol. The predicted molar refractivity (Wildman–Crippen MR) is 81.1 cm³/mol. The van der Waals surface area contributed by atoms with E-state index in [1.807, 2.05) is 61.8 Å². The number of benzene rings is 1. The molecular formula is C16H24N2O2. The maximum atomic E-state index is 12.3. The predicted octanol–water partition coefficient (Wildman–Crippen LogP) is 2.61. The van der Waals surface area contributed by atoms with Crippen LogP contribution in [0.3, 0.4) is 0 Å². The van der Waals surface area contributed by atoms with Gasteiger partial charge < -0.3 is 10.0 Å². The molecule has 1 saturated heterocycles. The van der Waals surface area contributed by atoms with Crippen molar-refractivity contribution in [2.45, 2.75) is 39.2 Å².